The van der Waals surface area contributed by atoms with Crippen LogP contribution in [0, 0.1) is 0 Å². The average molecular weight is 146 g/mol. The molecule has 10 heavy (non-hydrogen) atoms. The van der Waals surface area contributed by atoms with Crippen LogP contribution in [0.25, 0.3) is 0 Å². The topological polar surface area (TPSA) is 84.9 Å². The van der Waals surface area contributed by atoms with Crippen molar-refractivity contribution >= 4 is 11.7 Å². The molecule has 5 heteroatoms. The molecule has 0 heterocycles. The molecular weight excluding hydrogens is 136 g/mol. The highest BCUT2D eigenvalue weighted by Crippen LogP contribution is 1.78. The van der Waals surface area contributed by atoms with Crippen molar-refractivity contribution in [2.24, 2.45) is 10.9 Å². The van der Waals surface area contributed by atoms with Crippen LogP contribution in [0.2, 0.25) is 0 Å². The zero-order valence-corrected chi connectivity index (χ0v) is 5.70. The van der Waals surface area contributed by atoms with Crippen molar-refractivity contribution in [3.05, 3.63) is 0 Å². The molecule has 58 valence electrons. The van der Waals surface area contributed by atoms with Crippen LogP contribution in [0.15, 0.2) is 5.16 Å². The third-order valence-corrected chi connectivity index (χ3v) is 0.704. The van der Waals surface area contributed by atoms with E-state index in [0.717, 1.165) is 0 Å². The first-order valence-electron chi connectivity index (χ1n) is 2.74. The van der Waals surface area contributed by atoms with Gasteiger partial charge in [-0.25, -0.2) is 4.79 Å². The van der Waals surface area contributed by atoms with Gasteiger partial charge in [0, 0.05) is 6.54 Å². The molecule has 0 bridgehead atoms. The molecular formula is C5H10N2O3. The summed E-state index contributed by atoms with van der Waals surface area (Å²) in [4.78, 5) is 14.2. The molecule has 0 aromatic carbocycles. The Bertz CT molecular complexity index is 144. The van der Waals surface area contributed by atoms with E-state index in [1.807, 2.05) is 0 Å². The van der Waals surface area contributed by atoms with E-state index in [1.165, 1.54) is 0 Å². The Morgan fingerprint density at radius 1 is 1.80 bits per heavy atom. The predicted octanol–water partition coefficient (Wildman–Crippen LogP) is -0.578. The lowest BCUT2D eigenvalue weighted by Gasteiger charge is -1.94. The van der Waals surface area contributed by atoms with E-state index in [9.17, 15) is 4.79 Å². The third-order valence-electron chi connectivity index (χ3n) is 0.704. The maximum atomic E-state index is 9.84. The SMILES string of the molecule is C/C(CN)=N/OCC(=O)O. The van der Waals surface area contributed by atoms with Crippen molar-refractivity contribution in [1.29, 1.82) is 0 Å². The van der Waals surface area contributed by atoms with Gasteiger partial charge in [0.15, 0.2) is 0 Å². The molecule has 5 nitrogen and oxygen atoms in total. The maximum Gasteiger partial charge on any atom is 0.344 e. The molecule has 0 spiro atoms. The minimum atomic E-state index is -1.05. The van der Waals surface area contributed by atoms with E-state index < -0.39 is 12.6 Å². The highest BCUT2D eigenvalue weighted by atomic mass is 16.6. The van der Waals surface area contributed by atoms with Crippen LogP contribution in [0.1, 0.15) is 6.92 Å². The van der Waals surface area contributed by atoms with Crippen molar-refractivity contribution in [2.45, 2.75) is 6.92 Å². The average Bonchev–Trinajstić information content (AvgIpc) is 1.87. The van der Waals surface area contributed by atoms with Gasteiger partial charge in [0.2, 0.25) is 6.61 Å². The van der Waals surface area contributed by atoms with Crippen molar-refractivity contribution in [3.63, 3.8) is 0 Å². The maximum absolute atomic E-state index is 9.84. The second kappa shape index (κ2) is 4.75. The molecule has 3 N–H and O–H groups in total. The smallest absolute Gasteiger partial charge is 0.344 e. The Kier molecular flexibility index (Phi) is 4.23. The minimum absolute atomic E-state index is 0.277. The molecule has 0 unspecified atom stereocenters. The van der Waals surface area contributed by atoms with E-state index in [0.29, 0.717) is 5.71 Å². The lowest BCUT2D eigenvalue weighted by atomic mass is 10.4. The summed E-state index contributed by atoms with van der Waals surface area (Å²) in [6.07, 6.45) is 0. The van der Waals surface area contributed by atoms with Gasteiger partial charge in [-0.2, -0.15) is 0 Å². The van der Waals surface area contributed by atoms with Crippen LogP contribution in [0.3, 0.4) is 0 Å². The van der Waals surface area contributed by atoms with Gasteiger partial charge in [0.1, 0.15) is 0 Å². The molecule has 0 saturated heterocycles. The first kappa shape index (κ1) is 8.90. The normalized spacial score (nSPS) is 11.2. The van der Waals surface area contributed by atoms with Gasteiger partial charge in [-0.05, 0) is 6.92 Å². The zero-order chi connectivity index (χ0) is 7.98. The number of hydrogen-bond donors (Lipinski definition) is 2. The van der Waals surface area contributed by atoms with Crippen LogP contribution < -0.4 is 5.73 Å². The van der Waals surface area contributed by atoms with Gasteiger partial charge in [-0.15, -0.1) is 0 Å². The number of carboxylic acid groups (broad SMARTS) is 1. The van der Waals surface area contributed by atoms with Crippen LogP contribution in [-0.4, -0.2) is 29.9 Å². The Morgan fingerprint density at radius 3 is 2.80 bits per heavy atom. The summed E-state index contributed by atoms with van der Waals surface area (Å²) in [7, 11) is 0. The number of hydrogen-bond acceptors (Lipinski definition) is 4. The number of carbonyl (C=O) groups is 1. The minimum Gasteiger partial charge on any atom is -0.479 e. The molecule has 0 aliphatic carbocycles. The van der Waals surface area contributed by atoms with Gasteiger partial charge >= 0.3 is 5.97 Å². The summed E-state index contributed by atoms with van der Waals surface area (Å²) >= 11 is 0. The summed E-state index contributed by atoms with van der Waals surface area (Å²) < 4.78 is 0. The molecule has 0 fully saturated rings. The number of aliphatic carboxylic acids is 1. The van der Waals surface area contributed by atoms with Gasteiger partial charge < -0.3 is 15.7 Å². The molecule has 0 aromatic heterocycles. The Balaban J connectivity index is 3.43. The van der Waals surface area contributed by atoms with Gasteiger partial charge in [-0.3, -0.25) is 0 Å². The first-order valence-corrected chi connectivity index (χ1v) is 2.74. The molecule has 0 aliphatic rings. The Hall–Kier alpha value is -1.10. The lowest BCUT2D eigenvalue weighted by Crippen LogP contribution is -2.11. The summed E-state index contributed by atoms with van der Waals surface area (Å²) in [5, 5.41) is 11.5. The fourth-order valence-corrected chi connectivity index (χ4v) is 0.235. The quantitative estimate of drug-likeness (QED) is 0.410. The summed E-state index contributed by atoms with van der Waals surface area (Å²) in [6.45, 7) is 1.51. The summed E-state index contributed by atoms with van der Waals surface area (Å²) in [5.74, 6) is -1.05. The third kappa shape index (κ3) is 5.04. The number of nitrogens with zero attached hydrogens (tertiary/aromatic N) is 1. The van der Waals surface area contributed by atoms with Crippen molar-refractivity contribution in [3.8, 4) is 0 Å². The zero-order valence-electron chi connectivity index (χ0n) is 5.70. The lowest BCUT2D eigenvalue weighted by molar-refractivity contribution is -0.142. The molecule has 0 saturated carbocycles. The fraction of sp³-hybridized carbons (Fsp3) is 0.600. The molecule has 0 amide bonds. The van der Waals surface area contributed by atoms with E-state index in [1.54, 1.807) is 6.92 Å². The van der Waals surface area contributed by atoms with Crippen LogP contribution in [0.4, 0.5) is 0 Å². The summed E-state index contributed by atoms with van der Waals surface area (Å²) in [6, 6.07) is 0. The largest absolute Gasteiger partial charge is 0.479 e. The fourth-order valence-electron chi connectivity index (χ4n) is 0.235. The van der Waals surface area contributed by atoms with E-state index in [2.05, 4.69) is 9.99 Å². The van der Waals surface area contributed by atoms with Gasteiger partial charge in [0.05, 0.1) is 5.71 Å². The molecule has 0 aromatic rings. The highest BCUT2D eigenvalue weighted by molar-refractivity contribution is 5.83. The Labute approximate surface area is 58.5 Å². The van der Waals surface area contributed by atoms with Crippen molar-refractivity contribution in [1.82, 2.24) is 0 Å². The molecule has 0 rings (SSSR count). The van der Waals surface area contributed by atoms with Crippen molar-refractivity contribution in [2.75, 3.05) is 13.2 Å². The highest BCUT2D eigenvalue weighted by Gasteiger charge is 1.94. The van der Waals surface area contributed by atoms with Crippen molar-refractivity contribution < 1.29 is 14.7 Å². The number of nitrogens with two attached hydrogens (primary N) is 1. The summed E-state index contributed by atoms with van der Waals surface area (Å²) in [5.41, 5.74) is 5.70. The standard InChI is InChI=1S/C5H10N2O3/c1-4(2-6)7-10-3-5(8)9/h2-3,6H2,1H3,(H,8,9)/b7-4-. The van der Waals surface area contributed by atoms with Gasteiger partial charge in [-0.1, -0.05) is 5.16 Å². The van der Waals surface area contributed by atoms with Gasteiger partial charge in [0.25, 0.3) is 0 Å². The van der Waals surface area contributed by atoms with E-state index in [-0.39, 0.29) is 6.54 Å². The second-order valence-corrected chi connectivity index (χ2v) is 1.70. The van der Waals surface area contributed by atoms with Crippen LogP contribution >= 0.6 is 0 Å². The molecule has 0 atom stereocenters. The van der Waals surface area contributed by atoms with Crippen LogP contribution in [-0.2, 0) is 9.63 Å². The Morgan fingerprint density at radius 2 is 2.40 bits per heavy atom. The number of carboxylic acids is 1. The van der Waals surface area contributed by atoms with Crippen LogP contribution in [0.5, 0.6) is 0 Å². The molecule has 0 radical (unpaired) electrons. The van der Waals surface area contributed by atoms with E-state index >= 15 is 0 Å². The predicted molar refractivity (Wildman–Crippen MR) is 35.8 cm³/mol. The van der Waals surface area contributed by atoms with E-state index in [4.69, 9.17) is 10.8 Å². The molecule has 0 aliphatic heterocycles. The number of rotatable bonds is 4. The number of oxime groups is 1. The first-order chi connectivity index (χ1) is 4.66. The second-order valence-electron chi connectivity index (χ2n) is 1.70. The monoisotopic (exact) mass is 146 g/mol.